The highest BCUT2D eigenvalue weighted by Crippen LogP contribution is 2.24. The summed E-state index contributed by atoms with van der Waals surface area (Å²) in [6.45, 7) is 0.387. The highest BCUT2D eigenvalue weighted by atomic mass is 19.4. The Bertz CT molecular complexity index is 329. The van der Waals surface area contributed by atoms with Crippen LogP contribution in [0.3, 0.4) is 0 Å². The molecule has 0 spiro atoms. The number of nitrogens with zero attached hydrogens (tertiary/aromatic N) is 2. The lowest BCUT2D eigenvalue weighted by atomic mass is 9.96. The van der Waals surface area contributed by atoms with E-state index in [1.165, 1.54) is 4.90 Å². The molecular weight excluding hydrogens is 249 g/mol. The van der Waals surface area contributed by atoms with Crippen molar-refractivity contribution in [2.45, 2.75) is 25.4 Å². The van der Waals surface area contributed by atoms with Crippen LogP contribution in [0.5, 0.6) is 0 Å². The summed E-state index contributed by atoms with van der Waals surface area (Å²) in [6, 6.07) is 0. The van der Waals surface area contributed by atoms with Gasteiger partial charge in [0.25, 0.3) is 0 Å². The van der Waals surface area contributed by atoms with Crippen LogP contribution in [0.4, 0.5) is 13.2 Å². The number of piperidine rings is 1. The van der Waals surface area contributed by atoms with Gasteiger partial charge < -0.3 is 9.80 Å². The first-order valence-corrected chi connectivity index (χ1v) is 5.76. The lowest BCUT2D eigenvalue weighted by Gasteiger charge is -2.33. The van der Waals surface area contributed by atoms with E-state index >= 15 is 0 Å². The van der Waals surface area contributed by atoms with E-state index < -0.39 is 18.5 Å². The van der Waals surface area contributed by atoms with Crippen molar-refractivity contribution in [1.29, 1.82) is 0 Å². The number of likely N-dealkylation sites (tertiary alicyclic amines) is 1. The summed E-state index contributed by atoms with van der Waals surface area (Å²) < 4.78 is 36.4. The van der Waals surface area contributed by atoms with E-state index in [1.54, 1.807) is 14.1 Å². The number of hydrogen-bond donors (Lipinski definition) is 0. The Morgan fingerprint density at radius 3 is 2.44 bits per heavy atom. The van der Waals surface area contributed by atoms with Crippen LogP contribution in [-0.2, 0) is 9.59 Å². The zero-order chi connectivity index (χ0) is 13.9. The molecule has 0 aromatic carbocycles. The summed E-state index contributed by atoms with van der Waals surface area (Å²) in [5.74, 6) is -1.47. The minimum absolute atomic E-state index is 0.0892. The Morgan fingerprint density at radius 1 is 1.33 bits per heavy atom. The Balaban J connectivity index is 2.59. The van der Waals surface area contributed by atoms with Crippen LogP contribution in [0.1, 0.15) is 19.3 Å². The van der Waals surface area contributed by atoms with Crippen LogP contribution < -0.4 is 0 Å². The molecule has 4 nitrogen and oxygen atoms in total. The molecule has 1 rings (SSSR count). The van der Waals surface area contributed by atoms with Gasteiger partial charge in [0.2, 0.25) is 11.8 Å². The van der Waals surface area contributed by atoms with E-state index in [4.69, 9.17) is 0 Å². The predicted molar refractivity (Wildman–Crippen MR) is 58.7 cm³/mol. The third-order valence-electron chi connectivity index (χ3n) is 2.92. The first-order valence-electron chi connectivity index (χ1n) is 5.76. The molecule has 1 saturated heterocycles. The minimum atomic E-state index is -4.49. The number of halogens is 3. The quantitative estimate of drug-likeness (QED) is 0.755. The fraction of sp³-hybridized carbons (Fsp3) is 0.818. The van der Waals surface area contributed by atoms with Crippen LogP contribution in [0.15, 0.2) is 0 Å². The van der Waals surface area contributed by atoms with E-state index in [1.807, 2.05) is 0 Å². The Labute approximate surface area is 104 Å². The minimum Gasteiger partial charge on any atom is -0.349 e. The first kappa shape index (κ1) is 14.8. The van der Waals surface area contributed by atoms with Gasteiger partial charge in [0.05, 0.1) is 5.92 Å². The molecule has 0 aliphatic carbocycles. The molecular formula is C11H17F3N2O2. The average molecular weight is 266 g/mol. The highest BCUT2D eigenvalue weighted by Gasteiger charge is 2.36. The summed E-state index contributed by atoms with van der Waals surface area (Å²) >= 11 is 0. The van der Waals surface area contributed by atoms with Gasteiger partial charge in [-0.2, -0.15) is 13.2 Å². The molecule has 1 aliphatic rings. The van der Waals surface area contributed by atoms with Gasteiger partial charge in [-0.1, -0.05) is 0 Å². The number of carbonyl (C=O) groups excluding carboxylic acids is 2. The molecule has 1 fully saturated rings. The normalized spacial score (nSPS) is 20.7. The van der Waals surface area contributed by atoms with E-state index in [0.29, 0.717) is 19.4 Å². The Kier molecular flexibility index (Phi) is 4.59. The predicted octanol–water partition coefficient (Wildman–Crippen LogP) is 1.27. The third kappa shape index (κ3) is 4.19. The van der Waals surface area contributed by atoms with Crippen molar-refractivity contribution in [2.75, 3.05) is 27.2 Å². The van der Waals surface area contributed by atoms with Gasteiger partial charge in [-0.15, -0.1) is 0 Å². The van der Waals surface area contributed by atoms with Gasteiger partial charge in [0.15, 0.2) is 0 Å². The monoisotopic (exact) mass is 266 g/mol. The maximum Gasteiger partial charge on any atom is 0.397 e. The smallest absolute Gasteiger partial charge is 0.349 e. The second-order valence-electron chi connectivity index (χ2n) is 4.70. The second kappa shape index (κ2) is 5.58. The molecule has 0 bridgehead atoms. The van der Waals surface area contributed by atoms with Crippen molar-refractivity contribution in [3.8, 4) is 0 Å². The molecule has 1 atom stereocenters. The van der Waals surface area contributed by atoms with Crippen molar-refractivity contribution in [3.05, 3.63) is 0 Å². The van der Waals surface area contributed by atoms with Gasteiger partial charge >= 0.3 is 6.18 Å². The molecule has 104 valence electrons. The summed E-state index contributed by atoms with van der Waals surface area (Å²) in [6.07, 6.45) is -4.76. The molecule has 2 amide bonds. The van der Waals surface area contributed by atoms with E-state index in [9.17, 15) is 22.8 Å². The fourth-order valence-corrected chi connectivity index (χ4v) is 2.05. The summed E-state index contributed by atoms with van der Waals surface area (Å²) in [5.41, 5.74) is 0. The first-order chi connectivity index (χ1) is 8.20. The Hall–Kier alpha value is -1.27. The topological polar surface area (TPSA) is 40.6 Å². The maximum absolute atomic E-state index is 12.1. The van der Waals surface area contributed by atoms with E-state index in [0.717, 1.165) is 4.90 Å². The molecule has 1 aliphatic heterocycles. The number of alkyl halides is 3. The summed E-state index contributed by atoms with van der Waals surface area (Å²) in [7, 11) is 3.19. The van der Waals surface area contributed by atoms with E-state index in [-0.39, 0.29) is 18.4 Å². The van der Waals surface area contributed by atoms with Crippen molar-refractivity contribution in [1.82, 2.24) is 9.80 Å². The Morgan fingerprint density at radius 2 is 1.94 bits per heavy atom. The van der Waals surface area contributed by atoms with Gasteiger partial charge in [-0.25, -0.2) is 0 Å². The van der Waals surface area contributed by atoms with Gasteiger partial charge in [-0.3, -0.25) is 9.59 Å². The zero-order valence-corrected chi connectivity index (χ0v) is 10.5. The molecule has 0 aromatic rings. The third-order valence-corrected chi connectivity index (χ3v) is 2.92. The molecule has 7 heteroatoms. The van der Waals surface area contributed by atoms with E-state index in [2.05, 4.69) is 0 Å². The molecule has 0 aromatic heterocycles. The fourth-order valence-electron chi connectivity index (χ4n) is 2.05. The second-order valence-corrected chi connectivity index (χ2v) is 4.70. The van der Waals surface area contributed by atoms with Crippen molar-refractivity contribution >= 4 is 11.8 Å². The molecule has 0 N–H and O–H groups in total. The lowest BCUT2D eigenvalue weighted by molar-refractivity contribution is -0.163. The standard InChI is InChI=1S/C11H17F3N2O2/c1-15(2)10(18)8-4-3-5-16(7-8)9(17)6-11(12,13)14/h8H,3-7H2,1-2H3. The molecule has 1 heterocycles. The largest absolute Gasteiger partial charge is 0.397 e. The van der Waals surface area contributed by atoms with Crippen LogP contribution >= 0.6 is 0 Å². The average Bonchev–Trinajstić information content (AvgIpc) is 2.25. The SMILES string of the molecule is CN(C)C(=O)C1CCCN(C(=O)CC(F)(F)F)C1. The number of rotatable bonds is 2. The molecule has 0 radical (unpaired) electrons. The summed E-state index contributed by atoms with van der Waals surface area (Å²) in [5, 5.41) is 0. The van der Waals surface area contributed by atoms with Crippen molar-refractivity contribution in [2.24, 2.45) is 5.92 Å². The summed E-state index contributed by atoms with van der Waals surface area (Å²) in [4.78, 5) is 25.7. The van der Waals surface area contributed by atoms with Gasteiger partial charge in [0, 0.05) is 27.2 Å². The van der Waals surface area contributed by atoms with Crippen LogP contribution in [0.2, 0.25) is 0 Å². The number of hydrogen-bond acceptors (Lipinski definition) is 2. The number of carbonyl (C=O) groups is 2. The van der Waals surface area contributed by atoms with Crippen molar-refractivity contribution < 1.29 is 22.8 Å². The van der Waals surface area contributed by atoms with Crippen LogP contribution in [-0.4, -0.2) is 55.0 Å². The van der Waals surface area contributed by atoms with Crippen molar-refractivity contribution in [3.63, 3.8) is 0 Å². The highest BCUT2D eigenvalue weighted by molar-refractivity contribution is 5.81. The number of amides is 2. The zero-order valence-electron chi connectivity index (χ0n) is 10.5. The molecule has 0 saturated carbocycles. The van der Waals surface area contributed by atoms with Crippen LogP contribution in [0, 0.1) is 5.92 Å². The molecule has 1 unspecified atom stereocenters. The van der Waals surface area contributed by atoms with Gasteiger partial charge in [-0.05, 0) is 12.8 Å². The van der Waals surface area contributed by atoms with Crippen LogP contribution in [0.25, 0.3) is 0 Å². The lowest BCUT2D eigenvalue weighted by Crippen LogP contribution is -2.46. The van der Waals surface area contributed by atoms with Gasteiger partial charge in [0.1, 0.15) is 6.42 Å². The maximum atomic E-state index is 12.1. The molecule has 18 heavy (non-hydrogen) atoms.